The summed E-state index contributed by atoms with van der Waals surface area (Å²) in [4.78, 5) is 0. The van der Waals surface area contributed by atoms with Crippen molar-refractivity contribution in [1.29, 1.82) is 0 Å². The van der Waals surface area contributed by atoms with Gasteiger partial charge in [-0.25, -0.2) is 0 Å². The molecule has 57 heavy (non-hydrogen) atoms. The van der Waals surface area contributed by atoms with E-state index >= 15 is 0 Å². The highest BCUT2D eigenvalue weighted by Gasteiger charge is 2.40. The first kappa shape index (κ1) is 45.5. The molecule has 314 valence electrons. The smallest absolute Gasteiger partial charge is 0.319 e. The molecule has 7 atom stereocenters. The van der Waals surface area contributed by atoms with Gasteiger partial charge in [-0.15, -0.1) is 0 Å². The topological polar surface area (TPSA) is 18.5 Å². The molecule has 7 heteroatoms. The number of hydrogen-bond acceptors (Lipinski definition) is 6. The Morgan fingerprint density at radius 3 is 1.33 bits per heavy atom. The minimum absolute atomic E-state index is 0.811. The summed E-state index contributed by atoms with van der Waals surface area (Å²) in [6, 6.07) is 27.4. The Morgan fingerprint density at radius 1 is 0.439 bits per heavy atom. The number of rotatable bonds is 32. The number of aryl methyl sites for hydroxylation is 2. The van der Waals surface area contributed by atoms with Crippen LogP contribution in [0.25, 0.3) is 0 Å². The number of benzene rings is 3. The van der Waals surface area contributed by atoms with Gasteiger partial charge in [-0.05, 0) is 124 Å². The van der Waals surface area contributed by atoms with Crippen LogP contribution in [-0.2, 0) is 24.6 Å². The normalized spacial score (nSPS) is 23.2. The average molecular weight is 865 g/mol. The minimum atomic E-state index is -2.85. The number of thioether (sulfide) groups is 3. The van der Waals surface area contributed by atoms with Crippen LogP contribution < -0.4 is 14.4 Å². The summed E-state index contributed by atoms with van der Waals surface area (Å²) in [6.07, 6.45) is 32.6. The van der Waals surface area contributed by atoms with Gasteiger partial charge in [0.2, 0.25) is 0 Å². The first-order valence-corrected chi connectivity index (χ1v) is 28.7. The molecule has 0 N–H and O–H groups in total. The average Bonchev–Trinajstić information content (AvgIpc) is 4.16. The second kappa shape index (κ2) is 25.0. The standard InChI is InChI=1S/C50H73O2PS4/c1-3-5-6-18-33-46-47(56-46)34-19-11-7-9-14-25-40-27-21-29-42(38-40)51-53(54,44-31-16-13-17-32-44)52-43-30-22-28-41(39-43)26-15-10-8-12-20-35-48-50(57-48)37-23-36-49-45(55-49)24-4-2/h13,16-17,21-22,27-32,38-39,45-50H,3-12,14-15,18-20,23-26,33-37H2,1-2H3. The van der Waals surface area contributed by atoms with Gasteiger partial charge >= 0.3 is 6.49 Å². The van der Waals surface area contributed by atoms with Gasteiger partial charge in [0.05, 0.1) is 5.30 Å². The van der Waals surface area contributed by atoms with Crippen molar-refractivity contribution in [3.63, 3.8) is 0 Å². The fraction of sp³-hybridized carbons (Fsp3) is 0.640. The molecule has 0 aromatic heterocycles. The van der Waals surface area contributed by atoms with Crippen LogP contribution >= 0.6 is 41.8 Å². The van der Waals surface area contributed by atoms with E-state index in [1.165, 1.54) is 152 Å². The third-order valence-corrected chi connectivity index (χ3v) is 19.6. The summed E-state index contributed by atoms with van der Waals surface area (Å²) in [7, 11) is 0. The van der Waals surface area contributed by atoms with Crippen LogP contribution in [0.5, 0.6) is 11.5 Å². The number of hydrogen-bond donors (Lipinski definition) is 0. The van der Waals surface area contributed by atoms with Crippen molar-refractivity contribution in [3.8, 4) is 11.5 Å². The second-order valence-corrected chi connectivity index (χ2v) is 24.9. The first-order chi connectivity index (χ1) is 28.0. The van der Waals surface area contributed by atoms with Gasteiger partial charge in [-0.3, -0.25) is 0 Å². The lowest BCUT2D eigenvalue weighted by atomic mass is 10.0. The van der Waals surface area contributed by atoms with Crippen LogP contribution in [0.15, 0.2) is 78.9 Å². The Hall–Kier alpha value is -1.04. The monoisotopic (exact) mass is 864 g/mol. The van der Waals surface area contributed by atoms with Gasteiger partial charge in [-0.2, -0.15) is 35.3 Å². The van der Waals surface area contributed by atoms with Crippen molar-refractivity contribution in [1.82, 2.24) is 0 Å². The fourth-order valence-corrected chi connectivity index (χ4v) is 14.8. The quantitative estimate of drug-likeness (QED) is 0.0351. The van der Waals surface area contributed by atoms with Crippen LogP contribution in [0.1, 0.15) is 166 Å². The van der Waals surface area contributed by atoms with Crippen molar-refractivity contribution in [2.24, 2.45) is 0 Å². The van der Waals surface area contributed by atoms with E-state index in [2.05, 4.69) is 97.7 Å². The molecule has 6 rings (SSSR count). The zero-order chi connectivity index (χ0) is 39.5. The van der Waals surface area contributed by atoms with Gasteiger partial charge in [0.25, 0.3) is 0 Å². The summed E-state index contributed by atoms with van der Waals surface area (Å²) < 4.78 is 13.4. The first-order valence-electron chi connectivity index (χ1n) is 23.2. The van der Waals surface area contributed by atoms with E-state index in [1.54, 1.807) is 0 Å². The maximum absolute atomic E-state index is 6.71. The molecule has 3 aliphatic rings. The minimum Gasteiger partial charge on any atom is -0.432 e. The second-order valence-electron chi connectivity index (χ2n) is 17.1. The summed E-state index contributed by atoms with van der Waals surface area (Å²) in [5.41, 5.74) is 2.64. The SMILES string of the molecule is CCCCCCC1SC1CCCCCCCc1cccc(OP(=S)(Oc2cccc(CCCCCCCC3SC3CCCC3SC3CCC)c2)c2ccccc2)c1. The van der Waals surface area contributed by atoms with E-state index in [9.17, 15) is 0 Å². The summed E-state index contributed by atoms with van der Waals surface area (Å²) in [6.45, 7) is 1.78. The lowest BCUT2D eigenvalue weighted by Gasteiger charge is -2.24. The predicted octanol–water partition coefficient (Wildman–Crippen LogP) is 15.9. The lowest BCUT2D eigenvalue weighted by Crippen LogP contribution is -2.14. The highest BCUT2D eigenvalue weighted by Crippen LogP contribution is 2.51. The summed E-state index contributed by atoms with van der Waals surface area (Å²) in [5, 5.41) is 6.84. The largest absolute Gasteiger partial charge is 0.432 e. The molecule has 3 aromatic carbocycles. The molecule has 0 saturated carbocycles. The van der Waals surface area contributed by atoms with Gasteiger partial charge in [0, 0.05) is 31.5 Å². The van der Waals surface area contributed by atoms with E-state index < -0.39 is 6.49 Å². The zero-order valence-electron chi connectivity index (χ0n) is 35.3. The molecular formula is C50H73O2PS4. The molecule has 0 spiro atoms. The highest BCUT2D eigenvalue weighted by atomic mass is 32.5. The van der Waals surface area contributed by atoms with Crippen LogP contribution in [0, 0.1) is 0 Å². The zero-order valence-corrected chi connectivity index (χ0v) is 39.5. The van der Waals surface area contributed by atoms with E-state index in [-0.39, 0.29) is 0 Å². The van der Waals surface area contributed by atoms with Gasteiger partial charge in [-0.1, -0.05) is 146 Å². The number of unbranched alkanes of at least 4 members (excludes halogenated alkanes) is 11. The summed E-state index contributed by atoms with van der Waals surface area (Å²) >= 11 is 13.1. The van der Waals surface area contributed by atoms with Crippen molar-refractivity contribution < 1.29 is 9.05 Å². The van der Waals surface area contributed by atoms with Crippen LogP contribution in [0.2, 0.25) is 0 Å². The molecule has 0 aliphatic carbocycles. The Labute approximate surface area is 366 Å². The lowest BCUT2D eigenvalue weighted by molar-refractivity contribution is 0.497. The third kappa shape index (κ3) is 16.7. The van der Waals surface area contributed by atoms with Crippen molar-refractivity contribution in [2.45, 2.75) is 199 Å². The van der Waals surface area contributed by atoms with E-state index in [4.69, 9.17) is 20.9 Å². The molecule has 7 unspecified atom stereocenters. The van der Waals surface area contributed by atoms with Gasteiger partial charge in [0.15, 0.2) is 0 Å². The van der Waals surface area contributed by atoms with E-state index in [1.807, 2.05) is 30.3 Å². The molecule has 3 saturated heterocycles. The molecule has 0 bridgehead atoms. The van der Waals surface area contributed by atoms with Crippen molar-refractivity contribution in [2.75, 3.05) is 0 Å². The Bertz CT molecular complexity index is 1620. The Morgan fingerprint density at radius 2 is 0.860 bits per heavy atom. The maximum Gasteiger partial charge on any atom is 0.319 e. The Kier molecular flexibility index (Phi) is 20.0. The third-order valence-electron chi connectivity index (χ3n) is 12.2. The maximum atomic E-state index is 6.71. The van der Waals surface area contributed by atoms with E-state index in [0.717, 1.165) is 61.1 Å². The van der Waals surface area contributed by atoms with E-state index in [0.29, 0.717) is 0 Å². The summed E-state index contributed by atoms with van der Waals surface area (Å²) in [5.74, 6) is 1.62. The Balaban J connectivity index is 0.863. The van der Waals surface area contributed by atoms with Gasteiger partial charge in [0.1, 0.15) is 11.5 Å². The molecule has 3 fully saturated rings. The predicted molar refractivity (Wildman–Crippen MR) is 260 cm³/mol. The van der Waals surface area contributed by atoms with Crippen LogP contribution in [0.3, 0.4) is 0 Å². The highest BCUT2D eigenvalue weighted by molar-refractivity contribution is 8.13. The molecule has 3 aromatic rings. The van der Waals surface area contributed by atoms with Crippen molar-refractivity contribution in [3.05, 3.63) is 90.0 Å². The molecule has 0 radical (unpaired) electrons. The molecule has 0 amide bonds. The molecule has 3 aliphatic heterocycles. The van der Waals surface area contributed by atoms with Crippen molar-refractivity contribution >= 4 is 58.9 Å². The van der Waals surface area contributed by atoms with Gasteiger partial charge < -0.3 is 9.05 Å². The van der Waals surface area contributed by atoms with Crippen LogP contribution in [-0.4, -0.2) is 31.5 Å². The van der Waals surface area contributed by atoms with Crippen LogP contribution in [0.4, 0.5) is 0 Å². The fourth-order valence-electron chi connectivity index (χ4n) is 8.58. The molecule has 3 heterocycles. The molecule has 2 nitrogen and oxygen atoms in total. The molecular weight excluding hydrogens is 792 g/mol.